The summed E-state index contributed by atoms with van der Waals surface area (Å²) in [6, 6.07) is 3.82. The van der Waals surface area contributed by atoms with E-state index in [4.69, 9.17) is 5.73 Å². The molecule has 0 aliphatic heterocycles. The highest BCUT2D eigenvalue weighted by Crippen LogP contribution is 2.29. The molecule has 0 aliphatic carbocycles. The summed E-state index contributed by atoms with van der Waals surface area (Å²) in [4.78, 5) is 11.9. The molecule has 0 fully saturated rings. The number of urea groups is 1. The van der Waals surface area contributed by atoms with Gasteiger partial charge in [0.1, 0.15) is 0 Å². The number of halogens is 3. The fourth-order valence-electron chi connectivity index (χ4n) is 1.83. The normalized spacial score (nSPS) is 14.4. The van der Waals surface area contributed by atoms with E-state index >= 15 is 0 Å². The van der Waals surface area contributed by atoms with Crippen molar-refractivity contribution in [3.63, 3.8) is 0 Å². The van der Waals surface area contributed by atoms with Gasteiger partial charge in [0.25, 0.3) is 0 Å². The molecule has 0 heterocycles. The van der Waals surface area contributed by atoms with Gasteiger partial charge < -0.3 is 16.4 Å². The van der Waals surface area contributed by atoms with Crippen molar-refractivity contribution < 1.29 is 18.0 Å². The van der Waals surface area contributed by atoms with Crippen LogP contribution in [0.3, 0.4) is 0 Å². The molecule has 1 unspecified atom stereocenters. The van der Waals surface area contributed by atoms with Gasteiger partial charge in [-0.3, -0.25) is 0 Å². The minimum Gasteiger partial charge on any atom is -0.333 e. The Morgan fingerprint density at radius 1 is 1.24 bits per heavy atom. The van der Waals surface area contributed by atoms with E-state index in [0.717, 1.165) is 12.1 Å². The summed E-state index contributed by atoms with van der Waals surface area (Å²) in [6.07, 6.45) is -3.07. The van der Waals surface area contributed by atoms with Crippen molar-refractivity contribution in [3.05, 3.63) is 29.8 Å². The van der Waals surface area contributed by atoms with Crippen LogP contribution < -0.4 is 16.4 Å². The van der Waals surface area contributed by atoms with Crippen LogP contribution in [0.2, 0.25) is 0 Å². The smallest absolute Gasteiger partial charge is 0.333 e. The van der Waals surface area contributed by atoms with Crippen LogP contribution in [-0.2, 0) is 6.18 Å². The Bertz CT molecular complexity index is 473. The molecule has 2 amide bonds. The van der Waals surface area contributed by atoms with Crippen molar-refractivity contribution in [1.29, 1.82) is 0 Å². The van der Waals surface area contributed by atoms with E-state index in [0.29, 0.717) is 25.1 Å². The molecule has 0 spiro atoms. The molecule has 0 bridgehead atoms. The number of hydrogen-bond donors (Lipinski definition) is 3. The van der Waals surface area contributed by atoms with Crippen LogP contribution in [-0.4, -0.2) is 18.1 Å². The number of hydrogen-bond acceptors (Lipinski definition) is 2. The lowest BCUT2D eigenvalue weighted by Crippen LogP contribution is -2.48. The van der Waals surface area contributed by atoms with Gasteiger partial charge in [-0.15, -0.1) is 0 Å². The molecule has 1 aromatic rings. The first-order valence-corrected chi connectivity index (χ1v) is 6.66. The zero-order valence-electron chi connectivity index (χ0n) is 12.1. The molecule has 1 aromatic carbocycles. The highest BCUT2D eigenvalue weighted by atomic mass is 19.4. The summed E-state index contributed by atoms with van der Waals surface area (Å²) in [7, 11) is 0. The van der Waals surface area contributed by atoms with Crippen molar-refractivity contribution in [1.82, 2.24) is 5.32 Å². The number of carbonyl (C=O) groups excluding carboxylic acids is 1. The quantitative estimate of drug-likeness (QED) is 0.781. The lowest BCUT2D eigenvalue weighted by molar-refractivity contribution is -0.137. The average Bonchev–Trinajstić information content (AvgIpc) is 2.38. The molecule has 7 heteroatoms. The van der Waals surface area contributed by atoms with Gasteiger partial charge in [-0.25, -0.2) is 4.79 Å². The zero-order chi connectivity index (χ0) is 16.1. The summed E-state index contributed by atoms with van der Waals surface area (Å²) < 4.78 is 37.3. The third-order valence-corrected chi connectivity index (χ3v) is 3.36. The molecule has 1 rings (SSSR count). The Hall–Kier alpha value is -1.76. The SMILES string of the molecule is CCC(C)(CCN)NC(=O)Nc1ccc(C(F)(F)F)cc1. The second-order valence-electron chi connectivity index (χ2n) is 5.11. The van der Waals surface area contributed by atoms with Crippen molar-refractivity contribution in [2.75, 3.05) is 11.9 Å². The fraction of sp³-hybridized carbons (Fsp3) is 0.500. The fourth-order valence-corrected chi connectivity index (χ4v) is 1.83. The number of nitrogens with one attached hydrogen (secondary N) is 2. The first-order chi connectivity index (χ1) is 9.70. The van der Waals surface area contributed by atoms with Gasteiger partial charge in [-0.1, -0.05) is 6.92 Å². The summed E-state index contributed by atoms with van der Waals surface area (Å²) in [5.74, 6) is 0. The minimum absolute atomic E-state index is 0.298. The number of anilines is 1. The van der Waals surface area contributed by atoms with E-state index < -0.39 is 23.3 Å². The topological polar surface area (TPSA) is 67.1 Å². The predicted octanol–water partition coefficient (Wildman–Crippen LogP) is 3.34. The molecule has 4 nitrogen and oxygen atoms in total. The van der Waals surface area contributed by atoms with Crippen molar-refractivity contribution >= 4 is 11.7 Å². The maximum Gasteiger partial charge on any atom is 0.416 e. The second kappa shape index (κ2) is 6.80. The van der Waals surface area contributed by atoms with Gasteiger partial charge >= 0.3 is 12.2 Å². The average molecular weight is 303 g/mol. The van der Waals surface area contributed by atoms with Gasteiger partial charge in [-0.2, -0.15) is 13.2 Å². The minimum atomic E-state index is -4.39. The zero-order valence-corrected chi connectivity index (χ0v) is 12.1. The molecule has 0 saturated heterocycles. The summed E-state index contributed by atoms with van der Waals surface area (Å²) in [6.45, 7) is 4.23. The van der Waals surface area contributed by atoms with Crippen molar-refractivity contribution in [3.8, 4) is 0 Å². The molecule has 0 aliphatic rings. The first-order valence-electron chi connectivity index (χ1n) is 6.66. The van der Waals surface area contributed by atoms with Crippen molar-refractivity contribution in [2.45, 2.75) is 38.4 Å². The number of carbonyl (C=O) groups is 1. The van der Waals surface area contributed by atoms with Crippen LogP contribution in [0.25, 0.3) is 0 Å². The largest absolute Gasteiger partial charge is 0.416 e. The van der Waals surface area contributed by atoms with Crippen molar-refractivity contribution in [2.24, 2.45) is 5.73 Å². The van der Waals surface area contributed by atoms with Crippen LogP contribution in [0.1, 0.15) is 32.3 Å². The van der Waals surface area contributed by atoms with Gasteiger partial charge in [0.15, 0.2) is 0 Å². The van der Waals surface area contributed by atoms with E-state index in [2.05, 4.69) is 10.6 Å². The number of amides is 2. The third kappa shape index (κ3) is 5.26. The van der Waals surface area contributed by atoms with Crippen LogP contribution >= 0.6 is 0 Å². The summed E-state index contributed by atoms with van der Waals surface area (Å²) >= 11 is 0. The molecule has 0 aromatic heterocycles. The molecule has 0 radical (unpaired) electrons. The number of rotatable bonds is 5. The molecule has 4 N–H and O–H groups in total. The third-order valence-electron chi connectivity index (χ3n) is 3.36. The number of benzene rings is 1. The van der Waals surface area contributed by atoms with Crippen LogP contribution in [0.4, 0.5) is 23.7 Å². The van der Waals surface area contributed by atoms with E-state index in [9.17, 15) is 18.0 Å². The molecule has 0 saturated carbocycles. The second-order valence-corrected chi connectivity index (χ2v) is 5.11. The Kier molecular flexibility index (Phi) is 5.60. The van der Waals surface area contributed by atoms with Gasteiger partial charge in [0, 0.05) is 11.2 Å². The Labute approximate surface area is 121 Å². The van der Waals surface area contributed by atoms with E-state index in [1.54, 1.807) is 0 Å². The highest BCUT2D eigenvalue weighted by molar-refractivity contribution is 5.89. The van der Waals surface area contributed by atoms with E-state index in [1.165, 1.54) is 12.1 Å². The Morgan fingerprint density at radius 3 is 2.24 bits per heavy atom. The Morgan fingerprint density at radius 2 is 1.81 bits per heavy atom. The number of nitrogens with two attached hydrogens (primary N) is 1. The summed E-state index contributed by atoms with van der Waals surface area (Å²) in [5.41, 5.74) is 4.60. The van der Waals surface area contributed by atoms with Gasteiger partial charge in [0.05, 0.1) is 5.56 Å². The van der Waals surface area contributed by atoms with Gasteiger partial charge in [0.2, 0.25) is 0 Å². The van der Waals surface area contributed by atoms with Crippen LogP contribution in [0.15, 0.2) is 24.3 Å². The highest BCUT2D eigenvalue weighted by Gasteiger charge is 2.30. The van der Waals surface area contributed by atoms with E-state index in [1.807, 2.05) is 13.8 Å². The standard InChI is InChI=1S/C14H20F3N3O/c1-3-13(2,8-9-18)20-12(21)19-11-6-4-10(5-7-11)14(15,16)17/h4-7H,3,8-9,18H2,1-2H3,(H2,19,20,21). The molecule has 21 heavy (non-hydrogen) atoms. The summed E-state index contributed by atoms with van der Waals surface area (Å²) in [5, 5.41) is 5.30. The number of alkyl halides is 3. The van der Waals surface area contributed by atoms with E-state index in [-0.39, 0.29) is 0 Å². The van der Waals surface area contributed by atoms with Gasteiger partial charge in [-0.05, 0) is 50.6 Å². The molecular weight excluding hydrogens is 283 g/mol. The molecular formula is C14H20F3N3O. The maximum atomic E-state index is 12.4. The lowest BCUT2D eigenvalue weighted by Gasteiger charge is -2.29. The monoisotopic (exact) mass is 303 g/mol. The Balaban J connectivity index is 2.67. The van der Waals surface area contributed by atoms with Crippen LogP contribution in [0, 0.1) is 0 Å². The lowest BCUT2D eigenvalue weighted by atomic mass is 9.95. The van der Waals surface area contributed by atoms with Crippen LogP contribution in [0.5, 0.6) is 0 Å². The predicted molar refractivity (Wildman–Crippen MR) is 76.0 cm³/mol. The molecule has 118 valence electrons. The maximum absolute atomic E-state index is 12.4. The first kappa shape index (κ1) is 17.3. The molecule has 1 atom stereocenters.